The summed E-state index contributed by atoms with van der Waals surface area (Å²) in [7, 11) is 0. The summed E-state index contributed by atoms with van der Waals surface area (Å²) in [6, 6.07) is 3.27. The number of nitro groups is 1. The minimum atomic E-state index is -0.957. The first-order valence-electron chi connectivity index (χ1n) is 6.00. The minimum Gasteiger partial charge on any atom is -0.491 e. The molecule has 0 saturated carbocycles. The number of halogens is 1. The molecule has 0 aliphatic rings. The number of ether oxygens (including phenoxy) is 1. The lowest BCUT2D eigenvalue weighted by molar-refractivity contribution is -0.387. The molecule has 2 N–H and O–H groups in total. The summed E-state index contributed by atoms with van der Waals surface area (Å²) in [6.45, 7) is 3.18. The van der Waals surface area contributed by atoms with Crippen LogP contribution < -0.4 is 10.1 Å². The van der Waals surface area contributed by atoms with E-state index in [1.165, 1.54) is 6.07 Å². The van der Waals surface area contributed by atoms with Crippen molar-refractivity contribution in [1.82, 2.24) is 5.32 Å². The highest BCUT2D eigenvalue weighted by atomic mass is 19.1. The van der Waals surface area contributed by atoms with E-state index in [0.29, 0.717) is 6.54 Å². The fourth-order valence-electron chi connectivity index (χ4n) is 1.42. The Labute approximate surface area is 110 Å². The molecule has 7 heteroatoms. The molecule has 1 rings (SSSR count). The van der Waals surface area contributed by atoms with Gasteiger partial charge in [-0.3, -0.25) is 10.1 Å². The standard InChI is InChI=1S/C12H17FN2O4/c1-2-5-14-7-9(16)8-19-10-3-4-12(15(17)18)11(13)6-10/h3-4,6,9,14,16H,2,5,7-8H2,1H3. The van der Waals surface area contributed by atoms with Crippen LogP contribution in [0, 0.1) is 15.9 Å². The molecule has 0 fully saturated rings. The van der Waals surface area contributed by atoms with Crippen LogP contribution in [0.25, 0.3) is 0 Å². The summed E-state index contributed by atoms with van der Waals surface area (Å²) in [5, 5.41) is 23.0. The van der Waals surface area contributed by atoms with Crippen molar-refractivity contribution in [1.29, 1.82) is 0 Å². The first kappa shape index (κ1) is 15.3. The molecule has 1 unspecified atom stereocenters. The summed E-state index contributed by atoms with van der Waals surface area (Å²) in [5.41, 5.74) is -0.600. The molecule has 0 bridgehead atoms. The number of nitrogens with zero attached hydrogens (tertiary/aromatic N) is 1. The molecule has 0 aliphatic carbocycles. The maximum atomic E-state index is 13.3. The molecule has 1 aromatic carbocycles. The van der Waals surface area contributed by atoms with E-state index in [9.17, 15) is 19.6 Å². The molecule has 106 valence electrons. The SMILES string of the molecule is CCCNCC(O)COc1ccc([N+](=O)[O-])c(F)c1. The fraction of sp³-hybridized carbons (Fsp3) is 0.500. The van der Waals surface area contributed by atoms with E-state index in [0.717, 1.165) is 25.1 Å². The third kappa shape index (κ3) is 5.19. The van der Waals surface area contributed by atoms with Crippen molar-refractivity contribution in [3.8, 4) is 5.75 Å². The highest BCUT2D eigenvalue weighted by Crippen LogP contribution is 2.22. The van der Waals surface area contributed by atoms with Crippen molar-refractivity contribution in [3.63, 3.8) is 0 Å². The molecule has 1 aromatic rings. The molecule has 19 heavy (non-hydrogen) atoms. The lowest BCUT2D eigenvalue weighted by atomic mass is 10.3. The highest BCUT2D eigenvalue weighted by molar-refractivity contribution is 5.37. The quantitative estimate of drug-likeness (QED) is 0.425. The van der Waals surface area contributed by atoms with Gasteiger partial charge in [-0.25, -0.2) is 0 Å². The first-order valence-corrected chi connectivity index (χ1v) is 6.00. The third-order valence-corrected chi connectivity index (χ3v) is 2.36. The van der Waals surface area contributed by atoms with Gasteiger partial charge in [0.05, 0.1) is 4.92 Å². The lowest BCUT2D eigenvalue weighted by Gasteiger charge is -2.12. The second-order valence-corrected chi connectivity index (χ2v) is 4.04. The summed E-state index contributed by atoms with van der Waals surface area (Å²) in [6.07, 6.45) is 0.242. The van der Waals surface area contributed by atoms with Crippen molar-refractivity contribution < 1.29 is 19.2 Å². The molecule has 0 saturated heterocycles. The van der Waals surface area contributed by atoms with Crippen molar-refractivity contribution in [2.75, 3.05) is 19.7 Å². The monoisotopic (exact) mass is 272 g/mol. The predicted molar refractivity (Wildman–Crippen MR) is 67.7 cm³/mol. The third-order valence-electron chi connectivity index (χ3n) is 2.36. The van der Waals surface area contributed by atoms with Crippen molar-refractivity contribution in [2.45, 2.75) is 19.4 Å². The number of nitro benzene ring substituents is 1. The topological polar surface area (TPSA) is 84.6 Å². The van der Waals surface area contributed by atoms with Gasteiger partial charge >= 0.3 is 5.69 Å². The Balaban J connectivity index is 2.45. The van der Waals surface area contributed by atoms with Gasteiger partial charge in [-0.1, -0.05) is 6.92 Å². The normalized spacial score (nSPS) is 12.2. The predicted octanol–water partition coefficient (Wildman–Crippen LogP) is 1.47. The van der Waals surface area contributed by atoms with E-state index < -0.39 is 22.5 Å². The number of hydrogen-bond donors (Lipinski definition) is 2. The Morgan fingerprint density at radius 1 is 1.58 bits per heavy atom. The van der Waals surface area contributed by atoms with Gasteiger partial charge in [0.15, 0.2) is 0 Å². The van der Waals surface area contributed by atoms with Gasteiger partial charge in [-0.15, -0.1) is 0 Å². The summed E-state index contributed by atoms with van der Waals surface area (Å²) in [5.74, 6) is -0.807. The Kier molecular flexibility index (Phi) is 6.17. The average molecular weight is 272 g/mol. The Morgan fingerprint density at radius 2 is 2.32 bits per heavy atom. The Hall–Kier alpha value is -1.73. The van der Waals surface area contributed by atoms with Crippen LogP contribution in [0.4, 0.5) is 10.1 Å². The minimum absolute atomic E-state index is 0.00599. The Morgan fingerprint density at radius 3 is 2.89 bits per heavy atom. The number of rotatable bonds is 8. The van der Waals surface area contributed by atoms with Gasteiger partial charge in [0.1, 0.15) is 18.5 Å². The van der Waals surface area contributed by atoms with E-state index in [2.05, 4.69) is 5.32 Å². The molecular formula is C12H17FN2O4. The summed E-state index contributed by atoms with van der Waals surface area (Å²) in [4.78, 5) is 9.62. The van der Waals surface area contributed by atoms with Crippen LogP contribution in [-0.2, 0) is 0 Å². The second kappa shape index (κ2) is 7.65. The van der Waals surface area contributed by atoms with Crippen LogP contribution in [0.15, 0.2) is 18.2 Å². The number of aliphatic hydroxyl groups excluding tert-OH is 1. The molecule has 1 atom stereocenters. The number of nitrogens with one attached hydrogen (secondary N) is 1. The maximum Gasteiger partial charge on any atom is 0.305 e. The first-order chi connectivity index (χ1) is 9.04. The molecule has 0 spiro atoms. The largest absolute Gasteiger partial charge is 0.491 e. The molecule has 0 aliphatic heterocycles. The van der Waals surface area contributed by atoms with Crippen LogP contribution in [0.5, 0.6) is 5.75 Å². The van der Waals surface area contributed by atoms with Crippen LogP contribution in [0.3, 0.4) is 0 Å². The summed E-state index contributed by atoms with van der Waals surface area (Å²) >= 11 is 0. The number of aliphatic hydroxyl groups is 1. The van der Waals surface area contributed by atoms with Crippen molar-refractivity contribution in [3.05, 3.63) is 34.1 Å². The second-order valence-electron chi connectivity index (χ2n) is 4.04. The van der Waals surface area contributed by atoms with E-state index in [-0.39, 0.29) is 12.4 Å². The van der Waals surface area contributed by atoms with Crippen molar-refractivity contribution >= 4 is 5.69 Å². The fourth-order valence-corrected chi connectivity index (χ4v) is 1.42. The molecule has 0 aromatic heterocycles. The lowest BCUT2D eigenvalue weighted by Crippen LogP contribution is -2.31. The molecule has 0 amide bonds. The summed E-state index contributed by atoms with van der Waals surface area (Å²) < 4.78 is 18.4. The van der Waals surface area contributed by atoms with Gasteiger partial charge in [-0.2, -0.15) is 4.39 Å². The molecule has 0 radical (unpaired) electrons. The molecule has 0 heterocycles. The van der Waals surface area contributed by atoms with E-state index in [1.807, 2.05) is 6.92 Å². The van der Waals surface area contributed by atoms with E-state index in [4.69, 9.17) is 4.74 Å². The Bertz CT molecular complexity index is 428. The zero-order chi connectivity index (χ0) is 14.3. The smallest absolute Gasteiger partial charge is 0.305 e. The van der Waals surface area contributed by atoms with Crippen molar-refractivity contribution in [2.24, 2.45) is 0 Å². The number of hydrogen-bond acceptors (Lipinski definition) is 5. The van der Waals surface area contributed by atoms with Crippen LogP contribution in [0.1, 0.15) is 13.3 Å². The van der Waals surface area contributed by atoms with Crippen LogP contribution in [-0.4, -0.2) is 35.8 Å². The van der Waals surface area contributed by atoms with Crippen LogP contribution in [0.2, 0.25) is 0 Å². The van der Waals surface area contributed by atoms with Crippen LogP contribution >= 0.6 is 0 Å². The zero-order valence-corrected chi connectivity index (χ0v) is 10.6. The van der Waals surface area contributed by atoms with Gasteiger partial charge in [-0.05, 0) is 19.0 Å². The van der Waals surface area contributed by atoms with Gasteiger partial charge < -0.3 is 15.2 Å². The van der Waals surface area contributed by atoms with Gasteiger partial charge in [0.25, 0.3) is 0 Å². The van der Waals surface area contributed by atoms with Gasteiger partial charge in [0, 0.05) is 18.7 Å². The molecule has 6 nitrogen and oxygen atoms in total. The van der Waals surface area contributed by atoms with Gasteiger partial charge in [0.2, 0.25) is 5.82 Å². The van der Waals surface area contributed by atoms with E-state index >= 15 is 0 Å². The molecular weight excluding hydrogens is 255 g/mol. The maximum absolute atomic E-state index is 13.3. The van der Waals surface area contributed by atoms with E-state index in [1.54, 1.807) is 0 Å². The highest BCUT2D eigenvalue weighted by Gasteiger charge is 2.14. The average Bonchev–Trinajstić information content (AvgIpc) is 2.36. The zero-order valence-electron chi connectivity index (χ0n) is 10.6. The number of benzene rings is 1.